The van der Waals surface area contributed by atoms with Crippen LogP contribution in [-0.4, -0.2) is 24.3 Å². The summed E-state index contributed by atoms with van der Waals surface area (Å²) in [6.07, 6.45) is 3.00. The Morgan fingerprint density at radius 1 is 0.333 bits per heavy atom. The Morgan fingerprint density at radius 3 is 0.417 bits per heavy atom. The molecule has 8 heteroatoms. The summed E-state index contributed by atoms with van der Waals surface area (Å²) in [5.74, 6) is 0. The average molecular weight is 328 g/mol. The zero-order chi connectivity index (χ0) is 19.3. The first-order valence-electron chi connectivity index (χ1n) is 5.82. The molecule has 0 spiro atoms. The predicted molar refractivity (Wildman–Crippen MR) is 86.5 cm³/mol. The van der Waals surface area contributed by atoms with Gasteiger partial charge in [-0.15, -0.1) is 0 Å². The maximum atomic E-state index is 8.35. The highest BCUT2D eigenvalue weighted by Gasteiger charge is 1.58. The SMILES string of the molecule is N=C=O.N=C=O.N=C=O.N=C=O.c1ccccc1.c1ccccc1. The molecule has 0 aliphatic rings. The normalized spacial score (nSPS) is 5.33. The molecular weight excluding hydrogens is 312 g/mol. The zero-order valence-electron chi connectivity index (χ0n) is 12.6. The Labute approximate surface area is 138 Å². The van der Waals surface area contributed by atoms with Crippen LogP contribution in [0.15, 0.2) is 72.8 Å². The fourth-order valence-corrected chi connectivity index (χ4v) is 0.770. The number of rotatable bonds is 0. The van der Waals surface area contributed by atoms with Crippen LogP contribution in [0.2, 0.25) is 0 Å². The molecule has 0 saturated carbocycles. The fraction of sp³-hybridized carbons (Fsp3) is 0. The van der Waals surface area contributed by atoms with Crippen LogP contribution in [-0.2, 0) is 19.2 Å². The molecule has 8 nitrogen and oxygen atoms in total. The van der Waals surface area contributed by atoms with Crippen molar-refractivity contribution in [2.24, 2.45) is 0 Å². The van der Waals surface area contributed by atoms with Gasteiger partial charge in [0.2, 0.25) is 24.3 Å². The number of hydrogen-bond donors (Lipinski definition) is 4. The summed E-state index contributed by atoms with van der Waals surface area (Å²) < 4.78 is 0. The largest absolute Gasteiger partial charge is 0.231 e. The number of nitrogens with one attached hydrogen (secondary N) is 4. The third-order valence-electron chi connectivity index (χ3n) is 1.33. The molecule has 24 heavy (non-hydrogen) atoms. The lowest BCUT2D eigenvalue weighted by molar-refractivity contribution is 0.562. The average Bonchev–Trinajstić information content (AvgIpc) is 2.61. The Bertz CT molecular complexity index is 447. The summed E-state index contributed by atoms with van der Waals surface area (Å²) in [5, 5.41) is 21.6. The molecule has 0 saturated heterocycles. The molecule has 0 radical (unpaired) electrons. The van der Waals surface area contributed by atoms with E-state index in [1.807, 2.05) is 72.8 Å². The summed E-state index contributed by atoms with van der Waals surface area (Å²) in [7, 11) is 0. The standard InChI is InChI=1S/2C6H6.4CHNO/c2*1-2-4-6-5-3-1;4*2-1-3/h2*1-6H;4*2H. The van der Waals surface area contributed by atoms with Crippen molar-refractivity contribution in [3.8, 4) is 0 Å². The van der Waals surface area contributed by atoms with Crippen molar-refractivity contribution in [2.75, 3.05) is 0 Å². The lowest BCUT2D eigenvalue weighted by Gasteiger charge is -1.69. The summed E-state index contributed by atoms with van der Waals surface area (Å²) in [4.78, 5) is 33.4. The smallest absolute Gasteiger partial charge is 0.222 e. The van der Waals surface area contributed by atoms with Crippen LogP contribution in [0.5, 0.6) is 0 Å². The van der Waals surface area contributed by atoms with Crippen molar-refractivity contribution in [1.29, 1.82) is 21.6 Å². The highest BCUT2D eigenvalue weighted by molar-refractivity contribution is 5.26. The Kier molecular flexibility index (Phi) is 50.2. The van der Waals surface area contributed by atoms with Gasteiger partial charge in [-0.3, -0.25) is 0 Å². The van der Waals surface area contributed by atoms with Gasteiger partial charge in [0.1, 0.15) is 0 Å². The Balaban J connectivity index is -0.000000105. The lowest BCUT2D eigenvalue weighted by atomic mass is 10.4. The molecule has 0 aliphatic heterocycles. The predicted octanol–water partition coefficient (Wildman–Crippen LogP) is 2.98. The quantitative estimate of drug-likeness (QED) is 0.431. The fourth-order valence-electron chi connectivity index (χ4n) is 0.770. The monoisotopic (exact) mass is 328 g/mol. The molecule has 0 amide bonds. The molecule has 2 rings (SSSR count). The van der Waals surface area contributed by atoms with E-state index >= 15 is 0 Å². The van der Waals surface area contributed by atoms with Crippen LogP contribution >= 0.6 is 0 Å². The van der Waals surface area contributed by atoms with E-state index in [1.165, 1.54) is 0 Å². The molecule has 124 valence electrons. The molecule has 0 fully saturated rings. The molecule has 4 N–H and O–H groups in total. The highest BCUT2D eigenvalue weighted by atomic mass is 16.1. The maximum absolute atomic E-state index is 8.35. The molecule has 0 aromatic heterocycles. The number of carbonyl (C=O) groups excluding carboxylic acids is 4. The van der Waals surface area contributed by atoms with Crippen molar-refractivity contribution in [3.63, 3.8) is 0 Å². The minimum atomic E-state index is 0.750. The van der Waals surface area contributed by atoms with E-state index in [-0.39, 0.29) is 0 Å². The van der Waals surface area contributed by atoms with Crippen molar-refractivity contribution in [1.82, 2.24) is 0 Å². The van der Waals surface area contributed by atoms with E-state index in [4.69, 9.17) is 40.8 Å². The minimum Gasteiger partial charge on any atom is -0.222 e. The zero-order valence-corrected chi connectivity index (χ0v) is 12.6. The topological polar surface area (TPSA) is 164 Å². The summed E-state index contributed by atoms with van der Waals surface area (Å²) >= 11 is 0. The van der Waals surface area contributed by atoms with Crippen LogP contribution in [0.25, 0.3) is 0 Å². The summed E-state index contributed by atoms with van der Waals surface area (Å²) in [5.41, 5.74) is 0. The van der Waals surface area contributed by atoms with Gasteiger partial charge in [-0.1, -0.05) is 72.8 Å². The van der Waals surface area contributed by atoms with Crippen LogP contribution in [0.4, 0.5) is 0 Å². The minimum absolute atomic E-state index is 0.750. The van der Waals surface area contributed by atoms with E-state index in [0.29, 0.717) is 0 Å². The summed E-state index contributed by atoms with van der Waals surface area (Å²) in [6, 6.07) is 24.0. The lowest BCUT2D eigenvalue weighted by Crippen LogP contribution is -1.47. The van der Waals surface area contributed by atoms with Gasteiger partial charge in [0, 0.05) is 0 Å². The summed E-state index contributed by atoms with van der Waals surface area (Å²) in [6.45, 7) is 0. The van der Waals surface area contributed by atoms with Crippen molar-refractivity contribution in [2.45, 2.75) is 0 Å². The van der Waals surface area contributed by atoms with Gasteiger partial charge in [-0.05, 0) is 0 Å². The third kappa shape index (κ3) is 81.5. The Morgan fingerprint density at radius 2 is 0.375 bits per heavy atom. The second-order valence-corrected chi connectivity index (χ2v) is 2.72. The van der Waals surface area contributed by atoms with Crippen LogP contribution in [0.3, 0.4) is 0 Å². The number of hydrogen-bond acceptors (Lipinski definition) is 8. The van der Waals surface area contributed by atoms with Crippen molar-refractivity contribution < 1.29 is 19.2 Å². The van der Waals surface area contributed by atoms with Crippen molar-refractivity contribution in [3.05, 3.63) is 72.8 Å². The number of benzene rings is 2. The van der Waals surface area contributed by atoms with Gasteiger partial charge < -0.3 is 0 Å². The number of isocyanates is 4. The molecular formula is C16H16N4O4. The van der Waals surface area contributed by atoms with Gasteiger partial charge in [-0.25, -0.2) is 40.8 Å². The molecule has 0 heterocycles. The van der Waals surface area contributed by atoms with E-state index in [9.17, 15) is 0 Å². The van der Waals surface area contributed by atoms with Crippen molar-refractivity contribution >= 4 is 24.3 Å². The molecule has 0 bridgehead atoms. The first-order chi connectivity index (χ1) is 11.7. The third-order valence-corrected chi connectivity index (χ3v) is 1.33. The van der Waals surface area contributed by atoms with E-state index in [0.717, 1.165) is 24.3 Å². The molecule has 2 aromatic carbocycles. The molecule has 0 aliphatic carbocycles. The first kappa shape index (κ1) is 28.2. The second kappa shape index (κ2) is 42.8. The van der Waals surface area contributed by atoms with Gasteiger partial charge in [0.05, 0.1) is 0 Å². The van der Waals surface area contributed by atoms with E-state index in [1.54, 1.807) is 0 Å². The molecule has 2 aromatic rings. The Hall–Kier alpha value is -4.04. The van der Waals surface area contributed by atoms with Crippen LogP contribution in [0.1, 0.15) is 0 Å². The van der Waals surface area contributed by atoms with Gasteiger partial charge in [-0.2, -0.15) is 0 Å². The van der Waals surface area contributed by atoms with Crippen LogP contribution < -0.4 is 0 Å². The molecule has 0 atom stereocenters. The van der Waals surface area contributed by atoms with Gasteiger partial charge in [0.25, 0.3) is 0 Å². The van der Waals surface area contributed by atoms with Gasteiger partial charge >= 0.3 is 0 Å². The van der Waals surface area contributed by atoms with E-state index < -0.39 is 0 Å². The maximum Gasteiger partial charge on any atom is 0.231 e. The van der Waals surface area contributed by atoms with Gasteiger partial charge in [0.15, 0.2) is 0 Å². The van der Waals surface area contributed by atoms with Crippen LogP contribution in [0, 0.1) is 21.6 Å². The molecule has 0 unspecified atom stereocenters. The first-order valence-corrected chi connectivity index (χ1v) is 5.82. The second-order valence-electron chi connectivity index (χ2n) is 2.72. The van der Waals surface area contributed by atoms with E-state index in [2.05, 4.69) is 0 Å². The highest BCUT2D eigenvalue weighted by Crippen LogP contribution is 1.80.